The summed E-state index contributed by atoms with van der Waals surface area (Å²) in [7, 11) is 1.88. The van der Waals surface area contributed by atoms with Gasteiger partial charge in [-0.3, -0.25) is 0 Å². The standard InChI is InChI=1S/C15H26N4O/c1-5-15(6-2,9-20)19-13-10(3)12(16-4)17-14(18-13)11-7-8-11/h11,20H,5-9H2,1-4H3,(H2,16,17,18,19). The van der Waals surface area contributed by atoms with Crippen molar-refractivity contribution in [3.63, 3.8) is 0 Å². The number of hydrogen-bond acceptors (Lipinski definition) is 5. The molecular weight excluding hydrogens is 252 g/mol. The molecule has 0 aromatic carbocycles. The van der Waals surface area contributed by atoms with Gasteiger partial charge in [0.2, 0.25) is 0 Å². The Hall–Kier alpha value is -1.36. The van der Waals surface area contributed by atoms with Gasteiger partial charge in [0.1, 0.15) is 17.5 Å². The monoisotopic (exact) mass is 278 g/mol. The SMILES string of the molecule is CCC(CC)(CO)Nc1nc(C2CC2)nc(NC)c1C. The van der Waals surface area contributed by atoms with E-state index in [0.29, 0.717) is 5.92 Å². The first-order valence-electron chi connectivity index (χ1n) is 7.54. The van der Waals surface area contributed by atoms with E-state index in [1.807, 2.05) is 14.0 Å². The van der Waals surface area contributed by atoms with Gasteiger partial charge in [-0.25, -0.2) is 9.97 Å². The van der Waals surface area contributed by atoms with E-state index in [9.17, 15) is 5.11 Å². The predicted molar refractivity (Wildman–Crippen MR) is 82.3 cm³/mol. The van der Waals surface area contributed by atoms with Crippen molar-refractivity contribution in [3.8, 4) is 0 Å². The Morgan fingerprint density at radius 1 is 1.20 bits per heavy atom. The lowest BCUT2D eigenvalue weighted by Gasteiger charge is -2.32. The zero-order valence-electron chi connectivity index (χ0n) is 13.0. The van der Waals surface area contributed by atoms with E-state index in [4.69, 9.17) is 4.98 Å². The fourth-order valence-corrected chi connectivity index (χ4v) is 2.36. The number of anilines is 2. The van der Waals surface area contributed by atoms with Crippen molar-refractivity contribution in [2.75, 3.05) is 24.3 Å². The maximum atomic E-state index is 9.72. The average Bonchev–Trinajstić information content (AvgIpc) is 3.31. The molecule has 0 atom stereocenters. The molecule has 0 spiro atoms. The fourth-order valence-electron chi connectivity index (χ4n) is 2.36. The van der Waals surface area contributed by atoms with E-state index in [1.165, 1.54) is 12.8 Å². The molecule has 1 heterocycles. The predicted octanol–water partition coefficient (Wildman–Crippen LogP) is 2.67. The zero-order valence-corrected chi connectivity index (χ0v) is 13.0. The van der Waals surface area contributed by atoms with Crippen LogP contribution in [0.25, 0.3) is 0 Å². The van der Waals surface area contributed by atoms with Crippen molar-refractivity contribution in [3.05, 3.63) is 11.4 Å². The molecule has 0 saturated heterocycles. The second-order valence-corrected chi connectivity index (χ2v) is 5.70. The third-order valence-corrected chi connectivity index (χ3v) is 4.38. The number of rotatable bonds is 7. The van der Waals surface area contributed by atoms with Gasteiger partial charge in [0.25, 0.3) is 0 Å². The molecule has 112 valence electrons. The van der Waals surface area contributed by atoms with Crippen LogP contribution in [0.2, 0.25) is 0 Å². The number of nitrogens with zero attached hydrogens (tertiary/aromatic N) is 2. The molecule has 0 amide bonds. The van der Waals surface area contributed by atoms with Gasteiger partial charge >= 0.3 is 0 Å². The lowest BCUT2D eigenvalue weighted by atomic mass is 9.93. The van der Waals surface area contributed by atoms with Crippen LogP contribution in [-0.2, 0) is 0 Å². The van der Waals surface area contributed by atoms with E-state index < -0.39 is 0 Å². The molecule has 2 rings (SSSR count). The van der Waals surface area contributed by atoms with Crippen molar-refractivity contribution in [1.82, 2.24) is 9.97 Å². The molecule has 1 saturated carbocycles. The van der Waals surface area contributed by atoms with Crippen molar-refractivity contribution in [2.24, 2.45) is 0 Å². The Morgan fingerprint density at radius 3 is 2.25 bits per heavy atom. The first-order chi connectivity index (χ1) is 9.59. The van der Waals surface area contributed by atoms with Crippen LogP contribution in [-0.4, -0.2) is 34.3 Å². The van der Waals surface area contributed by atoms with Gasteiger partial charge < -0.3 is 15.7 Å². The van der Waals surface area contributed by atoms with Gasteiger partial charge in [0.15, 0.2) is 0 Å². The third kappa shape index (κ3) is 2.87. The molecule has 0 radical (unpaired) electrons. The van der Waals surface area contributed by atoms with E-state index in [0.717, 1.165) is 35.9 Å². The Morgan fingerprint density at radius 2 is 1.80 bits per heavy atom. The van der Waals surface area contributed by atoms with E-state index in [1.54, 1.807) is 0 Å². The summed E-state index contributed by atoms with van der Waals surface area (Å²) >= 11 is 0. The number of aliphatic hydroxyl groups excluding tert-OH is 1. The molecule has 1 aliphatic carbocycles. The molecular formula is C15H26N4O. The lowest BCUT2D eigenvalue weighted by molar-refractivity contribution is 0.202. The number of nitrogens with one attached hydrogen (secondary N) is 2. The van der Waals surface area contributed by atoms with Crippen LogP contribution in [0, 0.1) is 6.92 Å². The van der Waals surface area contributed by atoms with Crippen molar-refractivity contribution in [1.29, 1.82) is 0 Å². The fraction of sp³-hybridized carbons (Fsp3) is 0.733. The van der Waals surface area contributed by atoms with Crippen molar-refractivity contribution >= 4 is 11.6 Å². The number of aliphatic hydroxyl groups is 1. The van der Waals surface area contributed by atoms with Crippen LogP contribution in [0.5, 0.6) is 0 Å². The second kappa shape index (κ2) is 5.95. The smallest absolute Gasteiger partial charge is 0.136 e. The van der Waals surface area contributed by atoms with Gasteiger partial charge in [-0.2, -0.15) is 0 Å². The third-order valence-electron chi connectivity index (χ3n) is 4.38. The highest BCUT2D eigenvalue weighted by Crippen LogP contribution is 2.40. The van der Waals surface area contributed by atoms with Gasteiger partial charge in [0.05, 0.1) is 12.1 Å². The molecule has 0 bridgehead atoms. The van der Waals surface area contributed by atoms with Gasteiger partial charge in [0, 0.05) is 18.5 Å². The molecule has 1 aromatic heterocycles. The minimum atomic E-state index is -0.301. The summed E-state index contributed by atoms with van der Waals surface area (Å²) in [6.45, 7) is 6.30. The van der Waals surface area contributed by atoms with Crippen LogP contribution in [0.3, 0.4) is 0 Å². The van der Waals surface area contributed by atoms with Crippen LogP contribution in [0.15, 0.2) is 0 Å². The van der Waals surface area contributed by atoms with Gasteiger partial charge in [-0.15, -0.1) is 0 Å². The minimum Gasteiger partial charge on any atom is -0.394 e. The molecule has 0 unspecified atom stereocenters. The Kier molecular flexibility index (Phi) is 4.48. The summed E-state index contributed by atoms with van der Waals surface area (Å²) in [4.78, 5) is 9.29. The Labute approximate surface area is 121 Å². The average molecular weight is 278 g/mol. The molecule has 20 heavy (non-hydrogen) atoms. The van der Waals surface area contributed by atoms with Crippen molar-refractivity contribution in [2.45, 2.75) is 57.9 Å². The highest BCUT2D eigenvalue weighted by atomic mass is 16.3. The van der Waals surface area contributed by atoms with E-state index in [-0.39, 0.29) is 12.1 Å². The van der Waals surface area contributed by atoms with Crippen molar-refractivity contribution < 1.29 is 5.11 Å². The Bertz CT molecular complexity index is 459. The number of hydrogen-bond donors (Lipinski definition) is 3. The van der Waals surface area contributed by atoms with Gasteiger partial charge in [-0.1, -0.05) is 13.8 Å². The normalized spacial score (nSPS) is 15.2. The maximum absolute atomic E-state index is 9.72. The summed E-state index contributed by atoms with van der Waals surface area (Å²) in [5.74, 6) is 3.16. The molecule has 0 aliphatic heterocycles. The summed E-state index contributed by atoms with van der Waals surface area (Å²) in [6.07, 6.45) is 4.07. The first-order valence-corrected chi connectivity index (χ1v) is 7.54. The highest BCUT2D eigenvalue weighted by molar-refractivity contribution is 5.58. The van der Waals surface area contributed by atoms with Gasteiger partial charge in [-0.05, 0) is 32.6 Å². The largest absolute Gasteiger partial charge is 0.394 e. The van der Waals surface area contributed by atoms with Crippen LogP contribution in [0.1, 0.15) is 56.8 Å². The maximum Gasteiger partial charge on any atom is 0.136 e. The molecule has 5 heteroatoms. The second-order valence-electron chi connectivity index (χ2n) is 5.70. The summed E-state index contributed by atoms with van der Waals surface area (Å²) in [6, 6.07) is 0. The lowest BCUT2D eigenvalue weighted by Crippen LogP contribution is -2.41. The molecule has 3 N–H and O–H groups in total. The van der Waals surface area contributed by atoms with Crippen LogP contribution < -0.4 is 10.6 Å². The zero-order chi connectivity index (χ0) is 14.8. The Balaban J connectivity index is 2.36. The van der Waals surface area contributed by atoms with Crippen LogP contribution >= 0.6 is 0 Å². The molecule has 5 nitrogen and oxygen atoms in total. The topological polar surface area (TPSA) is 70.1 Å². The number of aromatic nitrogens is 2. The van der Waals surface area contributed by atoms with Crippen LogP contribution in [0.4, 0.5) is 11.6 Å². The molecule has 1 aliphatic rings. The summed E-state index contributed by atoms with van der Waals surface area (Å²) in [5, 5.41) is 16.3. The quantitative estimate of drug-likeness (QED) is 0.715. The summed E-state index contributed by atoms with van der Waals surface area (Å²) in [5.41, 5.74) is 0.710. The minimum absolute atomic E-state index is 0.108. The summed E-state index contributed by atoms with van der Waals surface area (Å²) < 4.78 is 0. The molecule has 1 fully saturated rings. The molecule has 1 aromatic rings. The highest BCUT2D eigenvalue weighted by Gasteiger charge is 2.30. The van der Waals surface area contributed by atoms with E-state index in [2.05, 4.69) is 29.5 Å². The first kappa shape index (κ1) is 15.0. The van der Waals surface area contributed by atoms with E-state index >= 15 is 0 Å².